The molecule has 0 bridgehead atoms. The molecule has 0 radical (unpaired) electrons. The number of amides is 1. The van der Waals surface area contributed by atoms with Crippen LogP contribution in [0.25, 0.3) is 0 Å². The number of halogens is 4. The van der Waals surface area contributed by atoms with Crippen molar-refractivity contribution in [3.8, 4) is 0 Å². The van der Waals surface area contributed by atoms with Crippen molar-refractivity contribution in [2.75, 3.05) is 11.9 Å². The smallest absolute Gasteiger partial charge is 0.402 e. The molecule has 2 fully saturated rings. The van der Waals surface area contributed by atoms with E-state index in [9.17, 15) is 22.4 Å². The van der Waals surface area contributed by atoms with Crippen molar-refractivity contribution >= 4 is 36.8 Å². The molecule has 2 heterocycles. The number of carbonyl (C=O) groups is 1. The van der Waals surface area contributed by atoms with Crippen LogP contribution in [0.3, 0.4) is 0 Å². The fraction of sp³-hybridized carbons (Fsp3) is 0.682. The Morgan fingerprint density at radius 3 is 1.79 bits per heavy atom. The Bertz CT molecular complexity index is 951. The topological polar surface area (TPSA) is 57.2 Å². The van der Waals surface area contributed by atoms with Gasteiger partial charge in [0.15, 0.2) is 0 Å². The quantitative estimate of drug-likeness (QED) is 0.483. The molecule has 0 saturated carbocycles. The second kappa shape index (κ2) is 8.21. The van der Waals surface area contributed by atoms with E-state index in [4.69, 9.17) is 18.6 Å². The molecule has 1 amide bonds. The molecule has 0 spiro atoms. The van der Waals surface area contributed by atoms with Crippen molar-refractivity contribution < 1.29 is 41.0 Å². The van der Waals surface area contributed by atoms with Crippen LogP contribution in [0.1, 0.15) is 55.4 Å². The standard InChI is InChI=1S/C22H31B2F4NO5/c1-13-18(2,3)32-23(31-13)14-10-15(24-33-19(4,5)20(6,7)34-24)12-16(11-14)29(9)17(30)21(8,25)22(26,27)28/h10-13H,1-9H3. The lowest BCUT2D eigenvalue weighted by molar-refractivity contribution is -0.219. The van der Waals surface area contributed by atoms with Crippen LogP contribution in [-0.2, 0) is 23.4 Å². The molecular formula is C22H31B2F4NO5. The summed E-state index contributed by atoms with van der Waals surface area (Å²) in [5, 5.41) is 0. The Hall–Kier alpha value is -1.62. The van der Waals surface area contributed by atoms with E-state index in [2.05, 4.69) is 0 Å². The lowest BCUT2D eigenvalue weighted by Crippen LogP contribution is -2.52. The van der Waals surface area contributed by atoms with Crippen LogP contribution in [-0.4, -0.2) is 61.9 Å². The largest absolute Gasteiger partial charge is 0.494 e. The number of nitrogens with zero attached hydrogens (tertiary/aromatic N) is 1. The summed E-state index contributed by atoms with van der Waals surface area (Å²) in [4.78, 5) is 13.2. The summed E-state index contributed by atoms with van der Waals surface area (Å²) in [7, 11) is -0.644. The van der Waals surface area contributed by atoms with Gasteiger partial charge in [-0.15, -0.1) is 0 Å². The second-order valence-corrected chi connectivity index (χ2v) is 10.6. The van der Waals surface area contributed by atoms with Gasteiger partial charge in [-0.1, -0.05) is 6.07 Å². The zero-order valence-electron chi connectivity index (χ0n) is 21.0. The molecule has 1 aromatic rings. The first-order valence-corrected chi connectivity index (χ1v) is 11.1. The van der Waals surface area contributed by atoms with E-state index in [0.717, 1.165) is 7.05 Å². The van der Waals surface area contributed by atoms with Crippen LogP contribution in [0, 0.1) is 0 Å². The van der Waals surface area contributed by atoms with Gasteiger partial charge in [0.2, 0.25) is 0 Å². The van der Waals surface area contributed by atoms with Crippen molar-refractivity contribution in [2.45, 2.75) is 90.1 Å². The molecule has 2 saturated heterocycles. The molecule has 1 aromatic carbocycles. The van der Waals surface area contributed by atoms with Gasteiger partial charge in [-0.2, -0.15) is 13.2 Å². The van der Waals surface area contributed by atoms with Gasteiger partial charge >= 0.3 is 20.4 Å². The minimum Gasteiger partial charge on any atom is -0.402 e. The van der Waals surface area contributed by atoms with E-state index >= 15 is 0 Å². The van der Waals surface area contributed by atoms with Gasteiger partial charge in [0.1, 0.15) is 0 Å². The molecular weight excluding hydrogens is 456 g/mol. The van der Waals surface area contributed by atoms with E-state index in [1.165, 1.54) is 12.1 Å². The summed E-state index contributed by atoms with van der Waals surface area (Å²) in [6.45, 7) is 13.2. The number of hydrogen-bond acceptors (Lipinski definition) is 5. The number of hydrogen-bond donors (Lipinski definition) is 0. The van der Waals surface area contributed by atoms with Crippen molar-refractivity contribution in [1.29, 1.82) is 0 Å². The van der Waals surface area contributed by atoms with Crippen LogP contribution in [0.15, 0.2) is 18.2 Å². The first-order chi connectivity index (χ1) is 15.2. The molecule has 0 aromatic heterocycles. The highest BCUT2D eigenvalue weighted by Crippen LogP contribution is 2.38. The molecule has 6 nitrogen and oxygen atoms in total. The highest BCUT2D eigenvalue weighted by atomic mass is 19.4. The third-order valence-corrected chi connectivity index (χ3v) is 7.10. The maximum atomic E-state index is 14.5. The molecule has 188 valence electrons. The van der Waals surface area contributed by atoms with Gasteiger partial charge in [-0.3, -0.25) is 4.79 Å². The Morgan fingerprint density at radius 1 is 0.912 bits per heavy atom. The normalized spacial score (nSPS) is 25.4. The van der Waals surface area contributed by atoms with Gasteiger partial charge in [0, 0.05) is 12.7 Å². The highest BCUT2D eigenvalue weighted by Gasteiger charge is 2.59. The third-order valence-electron chi connectivity index (χ3n) is 7.10. The molecule has 3 rings (SSSR count). The number of carbonyl (C=O) groups excluding carboxylic acids is 1. The Labute approximate surface area is 198 Å². The summed E-state index contributed by atoms with van der Waals surface area (Å²) in [5.74, 6) is -1.75. The van der Waals surface area contributed by atoms with Crippen LogP contribution >= 0.6 is 0 Å². The van der Waals surface area contributed by atoms with E-state index in [0.29, 0.717) is 15.8 Å². The van der Waals surface area contributed by atoms with Crippen LogP contribution in [0.4, 0.5) is 23.2 Å². The van der Waals surface area contributed by atoms with Gasteiger partial charge in [-0.25, -0.2) is 4.39 Å². The molecule has 0 aliphatic carbocycles. The summed E-state index contributed by atoms with van der Waals surface area (Å²) in [6, 6.07) is 4.58. The number of alkyl halides is 4. The summed E-state index contributed by atoms with van der Waals surface area (Å²) >= 11 is 0. The zero-order valence-corrected chi connectivity index (χ0v) is 21.0. The van der Waals surface area contributed by atoms with Crippen LogP contribution in [0.5, 0.6) is 0 Å². The molecule has 2 aliphatic rings. The second-order valence-electron chi connectivity index (χ2n) is 10.6. The van der Waals surface area contributed by atoms with Crippen molar-refractivity contribution in [3.63, 3.8) is 0 Å². The van der Waals surface area contributed by atoms with Crippen molar-refractivity contribution in [2.24, 2.45) is 0 Å². The Morgan fingerprint density at radius 2 is 1.38 bits per heavy atom. The maximum absolute atomic E-state index is 14.5. The fourth-order valence-electron chi connectivity index (χ4n) is 3.55. The van der Waals surface area contributed by atoms with Crippen molar-refractivity contribution in [1.82, 2.24) is 0 Å². The van der Waals surface area contributed by atoms with E-state index in [1.807, 2.05) is 48.5 Å². The van der Waals surface area contributed by atoms with E-state index in [1.54, 1.807) is 6.07 Å². The average molecular weight is 487 g/mol. The summed E-state index contributed by atoms with van der Waals surface area (Å²) in [6.07, 6.45) is -5.65. The van der Waals surface area contributed by atoms with Gasteiger partial charge in [0.25, 0.3) is 11.6 Å². The first-order valence-electron chi connectivity index (χ1n) is 11.1. The maximum Gasteiger partial charge on any atom is 0.494 e. The number of benzene rings is 1. The predicted molar refractivity (Wildman–Crippen MR) is 122 cm³/mol. The lowest BCUT2D eigenvalue weighted by Gasteiger charge is -2.32. The van der Waals surface area contributed by atoms with Gasteiger partial charge in [-0.05, 0) is 78.4 Å². The fourth-order valence-corrected chi connectivity index (χ4v) is 3.55. The Balaban J connectivity index is 2.06. The Kier molecular flexibility index (Phi) is 6.52. The third kappa shape index (κ3) is 4.62. The van der Waals surface area contributed by atoms with Crippen LogP contribution < -0.4 is 15.8 Å². The molecule has 0 N–H and O–H groups in total. The lowest BCUT2D eigenvalue weighted by atomic mass is 9.71. The average Bonchev–Trinajstić information content (AvgIpc) is 3.09. The SMILES string of the molecule is CC1OB(c2cc(B3OC(C)(C)C(C)(C)O3)cc(N(C)C(=O)C(C)(F)C(F)(F)F)c2)OC1(C)C. The van der Waals surface area contributed by atoms with E-state index in [-0.39, 0.29) is 18.7 Å². The molecule has 2 atom stereocenters. The van der Waals surface area contributed by atoms with Crippen LogP contribution in [0.2, 0.25) is 0 Å². The van der Waals surface area contributed by atoms with E-state index < -0.39 is 48.8 Å². The summed E-state index contributed by atoms with van der Waals surface area (Å²) < 4.78 is 78.2. The summed E-state index contributed by atoms with van der Waals surface area (Å²) in [5.41, 5.74) is -5.17. The van der Waals surface area contributed by atoms with Gasteiger partial charge in [0.05, 0.1) is 22.9 Å². The minimum atomic E-state index is -5.37. The monoisotopic (exact) mass is 487 g/mol. The molecule has 12 heteroatoms. The minimum absolute atomic E-state index is 0.0184. The highest BCUT2D eigenvalue weighted by molar-refractivity contribution is 6.66. The number of rotatable bonds is 4. The molecule has 2 unspecified atom stereocenters. The van der Waals surface area contributed by atoms with Gasteiger partial charge < -0.3 is 23.5 Å². The molecule has 34 heavy (non-hydrogen) atoms. The number of anilines is 1. The first kappa shape index (κ1) is 27.0. The molecule has 2 aliphatic heterocycles. The predicted octanol–water partition coefficient (Wildman–Crippen LogP) is 3.15. The zero-order chi connectivity index (χ0) is 26.1. The van der Waals surface area contributed by atoms with Crippen molar-refractivity contribution in [3.05, 3.63) is 18.2 Å².